The van der Waals surface area contributed by atoms with E-state index in [2.05, 4.69) is 10.6 Å². The minimum atomic E-state index is -3.49. The highest BCUT2D eigenvalue weighted by atomic mass is 32.2. The van der Waals surface area contributed by atoms with Crippen molar-refractivity contribution in [1.29, 1.82) is 0 Å². The number of nitrogens with one attached hydrogen (secondary N) is 2. The van der Waals surface area contributed by atoms with Crippen molar-refractivity contribution in [3.63, 3.8) is 0 Å². The molecule has 1 aromatic heterocycles. The largest absolute Gasteiger partial charge is 0.467 e. The van der Waals surface area contributed by atoms with Crippen molar-refractivity contribution in [2.75, 3.05) is 14.1 Å². The lowest BCUT2D eigenvalue weighted by Crippen LogP contribution is -2.39. The summed E-state index contributed by atoms with van der Waals surface area (Å²) in [5, 5.41) is 4.90. The Kier molecular flexibility index (Phi) is 5.94. The van der Waals surface area contributed by atoms with Crippen LogP contribution in [-0.2, 0) is 32.7 Å². The van der Waals surface area contributed by atoms with E-state index in [0.29, 0.717) is 11.3 Å². The van der Waals surface area contributed by atoms with E-state index in [-0.39, 0.29) is 18.0 Å². The van der Waals surface area contributed by atoms with Crippen LogP contribution < -0.4 is 10.6 Å². The van der Waals surface area contributed by atoms with Crippen molar-refractivity contribution in [1.82, 2.24) is 14.9 Å². The Labute approximate surface area is 145 Å². The van der Waals surface area contributed by atoms with Gasteiger partial charge in [-0.3, -0.25) is 9.59 Å². The normalized spacial score (nSPS) is 11.3. The molecule has 0 atom stereocenters. The maximum atomic E-state index is 12.0. The fourth-order valence-electron chi connectivity index (χ4n) is 1.91. The predicted molar refractivity (Wildman–Crippen MR) is 89.7 cm³/mol. The summed E-state index contributed by atoms with van der Waals surface area (Å²) in [5.41, 5.74) is 0.671. The molecule has 0 aliphatic heterocycles. The van der Waals surface area contributed by atoms with Gasteiger partial charge in [-0.25, -0.2) is 12.7 Å². The third kappa shape index (κ3) is 4.91. The zero-order valence-corrected chi connectivity index (χ0v) is 14.7. The van der Waals surface area contributed by atoms with Crippen LogP contribution in [-0.4, -0.2) is 38.6 Å². The molecule has 0 fully saturated rings. The van der Waals surface area contributed by atoms with Crippen LogP contribution in [0.5, 0.6) is 0 Å². The topological polar surface area (TPSA) is 109 Å². The number of carbonyl (C=O) groups excluding carboxylic acids is 2. The molecule has 134 valence electrons. The van der Waals surface area contributed by atoms with Crippen molar-refractivity contribution in [2.24, 2.45) is 0 Å². The van der Waals surface area contributed by atoms with Crippen LogP contribution in [0.15, 0.2) is 52.0 Å². The van der Waals surface area contributed by atoms with Gasteiger partial charge in [-0.1, -0.05) is 12.1 Å². The minimum absolute atomic E-state index is 0.106. The van der Waals surface area contributed by atoms with Crippen LogP contribution >= 0.6 is 0 Å². The van der Waals surface area contributed by atoms with E-state index in [9.17, 15) is 18.0 Å². The summed E-state index contributed by atoms with van der Waals surface area (Å²) in [6, 6.07) is 9.43. The van der Waals surface area contributed by atoms with E-state index >= 15 is 0 Å². The molecular weight excluding hydrogens is 346 g/mol. The van der Waals surface area contributed by atoms with Crippen molar-refractivity contribution in [3.8, 4) is 0 Å². The van der Waals surface area contributed by atoms with Crippen molar-refractivity contribution in [3.05, 3.63) is 54.0 Å². The summed E-state index contributed by atoms with van der Waals surface area (Å²) in [6.45, 7) is 0.228. The third-order valence-electron chi connectivity index (χ3n) is 3.36. The first kappa shape index (κ1) is 18.7. The summed E-state index contributed by atoms with van der Waals surface area (Å²) in [7, 11) is -0.596. The van der Waals surface area contributed by atoms with Gasteiger partial charge in [0, 0.05) is 20.6 Å². The zero-order valence-electron chi connectivity index (χ0n) is 13.9. The molecule has 0 aliphatic rings. The third-order valence-corrected chi connectivity index (χ3v) is 5.19. The molecule has 0 unspecified atom stereocenters. The van der Waals surface area contributed by atoms with Gasteiger partial charge in [0.15, 0.2) is 0 Å². The molecule has 2 aromatic rings. The van der Waals surface area contributed by atoms with Crippen LogP contribution in [0.4, 0.5) is 0 Å². The van der Waals surface area contributed by atoms with Gasteiger partial charge in [-0.2, -0.15) is 0 Å². The number of hydrogen-bond donors (Lipinski definition) is 2. The summed E-state index contributed by atoms with van der Waals surface area (Å²) in [4.78, 5) is 23.6. The van der Waals surface area contributed by atoms with E-state index in [1.165, 1.54) is 32.5 Å². The summed E-state index contributed by atoms with van der Waals surface area (Å²) >= 11 is 0. The van der Waals surface area contributed by atoms with Gasteiger partial charge in [-0.15, -0.1) is 0 Å². The minimum Gasteiger partial charge on any atom is -0.467 e. The van der Waals surface area contributed by atoms with Crippen molar-refractivity contribution >= 4 is 21.8 Å². The highest BCUT2D eigenvalue weighted by Gasteiger charge is 2.17. The first-order valence-electron chi connectivity index (χ1n) is 7.40. The smallest absolute Gasteiger partial charge is 0.309 e. The van der Waals surface area contributed by atoms with Crippen molar-refractivity contribution < 1.29 is 22.4 Å². The van der Waals surface area contributed by atoms with Crippen molar-refractivity contribution in [2.45, 2.75) is 18.0 Å². The quantitative estimate of drug-likeness (QED) is 0.723. The number of nitrogens with zero attached hydrogens (tertiary/aromatic N) is 1. The second-order valence-corrected chi connectivity index (χ2v) is 7.53. The molecule has 1 heterocycles. The maximum Gasteiger partial charge on any atom is 0.309 e. The van der Waals surface area contributed by atoms with Crippen LogP contribution in [0.3, 0.4) is 0 Å². The van der Waals surface area contributed by atoms with Gasteiger partial charge in [-0.05, 0) is 29.8 Å². The Morgan fingerprint density at radius 2 is 1.60 bits per heavy atom. The lowest BCUT2D eigenvalue weighted by atomic mass is 10.2. The average molecular weight is 365 g/mol. The number of rotatable bonds is 6. The summed E-state index contributed by atoms with van der Waals surface area (Å²) in [6.07, 6.45) is 1.47. The Bertz CT molecular complexity index is 827. The number of benzene rings is 1. The molecule has 2 rings (SSSR count). The Morgan fingerprint density at radius 1 is 1.00 bits per heavy atom. The predicted octanol–water partition coefficient (Wildman–Crippen LogP) is 0.463. The summed E-state index contributed by atoms with van der Waals surface area (Å²) in [5.74, 6) is -1.02. The summed E-state index contributed by atoms with van der Waals surface area (Å²) < 4.78 is 30.1. The van der Waals surface area contributed by atoms with Gasteiger partial charge < -0.3 is 15.1 Å². The maximum absolute atomic E-state index is 12.0. The molecule has 0 aliphatic carbocycles. The second kappa shape index (κ2) is 7.95. The molecule has 2 amide bonds. The molecule has 9 heteroatoms. The number of amides is 2. The van der Waals surface area contributed by atoms with Crippen LogP contribution in [0.25, 0.3) is 0 Å². The zero-order chi connectivity index (χ0) is 18.4. The van der Waals surface area contributed by atoms with Gasteiger partial charge in [0.25, 0.3) is 0 Å². The molecule has 0 radical (unpaired) electrons. The lowest BCUT2D eigenvalue weighted by molar-refractivity contribution is -0.139. The van der Waals surface area contributed by atoms with E-state index in [0.717, 1.165) is 4.31 Å². The molecule has 1 aromatic carbocycles. The van der Waals surface area contributed by atoms with Gasteiger partial charge in [0.2, 0.25) is 10.0 Å². The van der Waals surface area contributed by atoms with E-state index in [1.54, 1.807) is 24.3 Å². The Balaban J connectivity index is 1.86. The number of sulfonamides is 1. The average Bonchev–Trinajstić information content (AvgIpc) is 3.11. The monoisotopic (exact) mass is 365 g/mol. The van der Waals surface area contributed by atoms with Gasteiger partial charge in [0.05, 0.1) is 17.7 Å². The Hall–Kier alpha value is -2.65. The highest BCUT2D eigenvalue weighted by molar-refractivity contribution is 7.89. The van der Waals surface area contributed by atoms with E-state index in [1.807, 2.05) is 0 Å². The fourth-order valence-corrected chi connectivity index (χ4v) is 2.82. The first-order valence-corrected chi connectivity index (χ1v) is 8.84. The highest BCUT2D eigenvalue weighted by Crippen LogP contribution is 2.13. The van der Waals surface area contributed by atoms with Gasteiger partial charge in [0.1, 0.15) is 5.76 Å². The standard InChI is InChI=1S/C16H19N3O5S/c1-19(2)25(22,23)14-7-5-12(6-8-14)10-17-15(20)16(21)18-11-13-4-3-9-24-13/h3-9H,10-11H2,1-2H3,(H,17,20)(H,18,21). The van der Waals surface area contributed by atoms with Crippen LogP contribution in [0.1, 0.15) is 11.3 Å². The number of carbonyl (C=O) groups is 2. The molecular formula is C16H19N3O5S. The fraction of sp³-hybridized carbons (Fsp3) is 0.250. The molecule has 0 spiro atoms. The SMILES string of the molecule is CN(C)S(=O)(=O)c1ccc(CNC(=O)C(=O)NCc2ccco2)cc1. The second-order valence-electron chi connectivity index (χ2n) is 5.38. The molecule has 0 bridgehead atoms. The lowest BCUT2D eigenvalue weighted by Gasteiger charge is -2.11. The molecule has 0 saturated carbocycles. The van der Waals surface area contributed by atoms with E-state index in [4.69, 9.17) is 4.42 Å². The van der Waals surface area contributed by atoms with Gasteiger partial charge >= 0.3 is 11.8 Å². The number of hydrogen-bond acceptors (Lipinski definition) is 5. The molecule has 25 heavy (non-hydrogen) atoms. The van der Waals surface area contributed by atoms with Crippen LogP contribution in [0.2, 0.25) is 0 Å². The Morgan fingerprint density at radius 3 is 2.12 bits per heavy atom. The van der Waals surface area contributed by atoms with Crippen LogP contribution in [0, 0.1) is 0 Å². The van der Waals surface area contributed by atoms with E-state index < -0.39 is 21.8 Å². The molecule has 2 N–H and O–H groups in total. The molecule has 0 saturated heterocycles. The molecule has 8 nitrogen and oxygen atoms in total. The number of furan rings is 1. The first-order chi connectivity index (χ1) is 11.8.